The number of rotatable bonds is 6. The second kappa shape index (κ2) is 6.05. The fourth-order valence-electron chi connectivity index (χ4n) is 1.37. The van der Waals surface area contributed by atoms with E-state index in [9.17, 15) is 4.79 Å². The van der Waals surface area contributed by atoms with E-state index in [4.69, 9.17) is 5.11 Å². The van der Waals surface area contributed by atoms with Gasteiger partial charge in [-0.3, -0.25) is 4.79 Å². The number of anilines is 1. The molecule has 0 radical (unpaired) electrons. The predicted molar refractivity (Wildman–Crippen MR) is 61.5 cm³/mol. The van der Waals surface area contributed by atoms with Crippen molar-refractivity contribution < 1.29 is 9.90 Å². The van der Waals surface area contributed by atoms with Gasteiger partial charge in [0.2, 0.25) is 0 Å². The van der Waals surface area contributed by atoms with Gasteiger partial charge in [-0.15, -0.1) is 0 Å². The summed E-state index contributed by atoms with van der Waals surface area (Å²) in [4.78, 5) is 20.5. The molecule has 1 N–H and O–H groups in total. The van der Waals surface area contributed by atoms with Crippen molar-refractivity contribution in [3.63, 3.8) is 0 Å². The molecule has 0 aliphatic rings. The van der Waals surface area contributed by atoms with Gasteiger partial charge in [0.05, 0.1) is 6.42 Å². The first kappa shape index (κ1) is 12.4. The van der Waals surface area contributed by atoms with Crippen LogP contribution in [0, 0.1) is 0 Å². The van der Waals surface area contributed by atoms with Crippen LogP contribution in [0.4, 0.5) is 5.82 Å². The van der Waals surface area contributed by atoms with E-state index >= 15 is 0 Å². The quantitative estimate of drug-likeness (QED) is 0.788. The molecule has 1 aromatic rings. The standard InChI is InChI=1S/C11H17N3O2/c1-3-4-9-7-10(13-8-12-9)14(2)6-5-11(15)16/h7-8H,3-6H2,1-2H3,(H,15,16). The number of carboxylic acid groups (broad SMARTS) is 1. The molecule has 0 fully saturated rings. The zero-order valence-electron chi connectivity index (χ0n) is 9.68. The highest BCUT2D eigenvalue weighted by Gasteiger charge is 2.06. The van der Waals surface area contributed by atoms with Gasteiger partial charge in [0, 0.05) is 25.4 Å². The summed E-state index contributed by atoms with van der Waals surface area (Å²) in [5, 5.41) is 8.59. The van der Waals surface area contributed by atoms with E-state index in [0.29, 0.717) is 6.54 Å². The van der Waals surface area contributed by atoms with E-state index in [1.807, 2.05) is 18.0 Å². The minimum absolute atomic E-state index is 0.115. The molecule has 0 bridgehead atoms. The summed E-state index contributed by atoms with van der Waals surface area (Å²) in [6.45, 7) is 2.55. The molecule has 5 heteroatoms. The minimum Gasteiger partial charge on any atom is -0.481 e. The molecular weight excluding hydrogens is 206 g/mol. The molecule has 0 unspecified atom stereocenters. The first-order valence-corrected chi connectivity index (χ1v) is 5.37. The molecule has 0 aliphatic carbocycles. The highest BCUT2D eigenvalue weighted by atomic mass is 16.4. The SMILES string of the molecule is CCCc1cc(N(C)CCC(=O)O)ncn1. The average Bonchev–Trinajstić information content (AvgIpc) is 2.26. The maximum atomic E-state index is 10.4. The van der Waals surface area contributed by atoms with Crippen molar-refractivity contribution in [3.05, 3.63) is 18.1 Å². The van der Waals surface area contributed by atoms with Gasteiger partial charge in [0.1, 0.15) is 12.1 Å². The summed E-state index contributed by atoms with van der Waals surface area (Å²) >= 11 is 0. The first-order valence-electron chi connectivity index (χ1n) is 5.37. The van der Waals surface area contributed by atoms with E-state index in [2.05, 4.69) is 16.9 Å². The Balaban J connectivity index is 2.63. The Hall–Kier alpha value is -1.65. The van der Waals surface area contributed by atoms with Crippen molar-refractivity contribution in [2.24, 2.45) is 0 Å². The Labute approximate surface area is 95.1 Å². The molecule has 0 spiro atoms. The smallest absolute Gasteiger partial charge is 0.305 e. The topological polar surface area (TPSA) is 66.3 Å². The van der Waals surface area contributed by atoms with Crippen LogP contribution in [0.3, 0.4) is 0 Å². The molecule has 88 valence electrons. The molecule has 0 amide bonds. The van der Waals surface area contributed by atoms with Crippen LogP contribution in [-0.2, 0) is 11.2 Å². The maximum Gasteiger partial charge on any atom is 0.305 e. The number of hydrogen-bond donors (Lipinski definition) is 1. The summed E-state index contributed by atoms with van der Waals surface area (Å²) in [5.74, 6) is -0.0191. The second-order valence-electron chi connectivity index (χ2n) is 3.68. The van der Waals surface area contributed by atoms with Crippen LogP contribution in [-0.4, -0.2) is 34.6 Å². The number of nitrogens with zero attached hydrogens (tertiary/aromatic N) is 3. The third kappa shape index (κ3) is 3.84. The Kier molecular flexibility index (Phi) is 4.69. The maximum absolute atomic E-state index is 10.4. The highest BCUT2D eigenvalue weighted by molar-refractivity contribution is 5.67. The number of carbonyl (C=O) groups is 1. The molecule has 5 nitrogen and oxygen atoms in total. The predicted octanol–water partition coefficient (Wildman–Crippen LogP) is 1.34. The van der Waals surface area contributed by atoms with Crippen LogP contribution < -0.4 is 4.90 Å². The van der Waals surface area contributed by atoms with Gasteiger partial charge < -0.3 is 10.0 Å². The summed E-state index contributed by atoms with van der Waals surface area (Å²) in [6.07, 6.45) is 3.60. The fourth-order valence-corrected chi connectivity index (χ4v) is 1.37. The lowest BCUT2D eigenvalue weighted by Crippen LogP contribution is -2.22. The lowest BCUT2D eigenvalue weighted by Gasteiger charge is -2.17. The fraction of sp³-hybridized carbons (Fsp3) is 0.545. The molecule has 16 heavy (non-hydrogen) atoms. The number of carboxylic acids is 1. The monoisotopic (exact) mass is 223 g/mol. The number of aliphatic carboxylic acids is 1. The lowest BCUT2D eigenvalue weighted by atomic mass is 10.2. The zero-order valence-corrected chi connectivity index (χ0v) is 9.68. The largest absolute Gasteiger partial charge is 0.481 e. The van der Waals surface area contributed by atoms with E-state index in [-0.39, 0.29) is 6.42 Å². The van der Waals surface area contributed by atoms with E-state index in [1.54, 1.807) is 0 Å². The molecular formula is C11H17N3O2. The van der Waals surface area contributed by atoms with Crippen LogP contribution in [0.5, 0.6) is 0 Å². The number of aromatic nitrogens is 2. The molecule has 1 rings (SSSR count). The molecule has 0 aromatic carbocycles. The van der Waals surface area contributed by atoms with Gasteiger partial charge in [-0.2, -0.15) is 0 Å². The van der Waals surface area contributed by atoms with Gasteiger partial charge >= 0.3 is 5.97 Å². The lowest BCUT2D eigenvalue weighted by molar-refractivity contribution is -0.136. The van der Waals surface area contributed by atoms with Crippen molar-refractivity contribution in [2.75, 3.05) is 18.5 Å². The van der Waals surface area contributed by atoms with E-state index < -0.39 is 5.97 Å². The molecule has 0 atom stereocenters. The van der Waals surface area contributed by atoms with Crippen molar-refractivity contribution in [1.82, 2.24) is 9.97 Å². The van der Waals surface area contributed by atoms with Crippen molar-refractivity contribution in [1.29, 1.82) is 0 Å². The van der Waals surface area contributed by atoms with Crippen LogP contribution in [0.15, 0.2) is 12.4 Å². The van der Waals surface area contributed by atoms with Crippen LogP contribution in [0.2, 0.25) is 0 Å². The second-order valence-corrected chi connectivity index (χ2v) is 3.68. The summed E-state index contributed by atoms with van der Waals surface area (Å²) in [6, 6.07) is 1.91. The van der Waals surface area contributed by atoms with E-state index in [1.165, 1.54) is 6.33 Å². The molecule has 0 saturated carbocycles. The summed E-state index contributed by atoms with van der Waals surface area (Å²) in [7, 11) is 1.83. The Morgan fingerprint density at radius 1 is 1.50 bits per heavy atom. The molecule has 1 heterocycles. The van der Waals surface area contributed by atoms with Gasteiger partial charge in [-0.1, -0.05) is 13.3 Å². The molecule has 0 aliphatic heterocycles. The third-order valence-electron chi connectivity index (χ3n) is 2.27. The Morgan fingerprint density at radius 3 is 2.88 bits per heavy atom. The first-order chi connectivity index (χ1) is 7.63. The number of aryl methyl sites for hydroxylation is 1. The average molecular weight is 223 g/mol. The van der Waals surface area contributed by atoms with Crippen LogP contribution in [0.25, 0.3) is 0 Å². The normalized spacial score (nSPS) is 10.1. The van der Waals surface area contributed by atoms with E-state index in [0.717, 1.165) is 24.4 Å². The van der Waals surface area contributed by atoms with Crippen LogP contribution >= 0.6 is 0 Å². The van der Waals surface area contributed by atoms with Crippen molar-refractivity contribution in [2.45, 2.75) is 26.2 Å². The van der Waals surface area contributed by atoms with Gasteiger partial charge in [-0.25, -0.2) is 9.97 Å². The van der Waals surface area contributed by atoms with Crippen molar-refractivity contribution in [3.8, 4) is 0 Å². The Morgan fingerprint density at radius 2 is 2.25 bits per heavy atom. The third-order valence-corrected chi connectivity index (χ3v) is 2.27. The van der Waals surface area contributed by atoms with Gasteiger partial charge in [0.25, 0.3) is 0 Å². The molecule has 0 saturated heterocycles. The summed E-state index contributed by atoms with van der Waals surface area (Å²) in [5.41, 5.74) is 0.995. The van der Waals surface area contributed by atoms with Crippen molar-refractivity contribution >= 4 is 11.8 Å². The molecule has 1 aromatic heterocycles. The highest BCUT2D eigenvalue weighted by Crippen LogP contribution is 2.10. The van der Waals surface area contributed by atoms with Gasteiger partial charge in [0.15, 0.2) is 0 Å². The minimum atomic E-state index is -0.797. The van der Waals surface area contributed by atoms with Gasteiger partial charge in [-0.05, 0) is 6.42 Å². The number of hydrogen-bond acceptors (Lipinski definition) is 4. The summed E-state index contributed by atoms with van der Waals surface area (Å²) < 4.78 is 0. The Bertz CT molecular complexity index is 355. The zero-order chi connectivity index (χ0) is 12.0. The van der Waals surface area contributed by atoms with Crippen LogP contribution in [0.1, 0.15) is 25.5 Å².